The van der Waals surface area contributed by atoms with Crippen molar-refractivity contribution in [3.05, 3.63) is 0 Å². The van der Waals surface area contributed by atoms with E-state index in [0.717, 1.165) is 0 Å². The van der Waals surface area contributed by atoms with Gasteiger partial charge in [0.15, 0.2) is 10.1 Å². The molecule has 0 aromatic carbocycles. The first kappa shape index (κ1) is 40.4. The standard InChI is InChI=1S/C11HF23O3S.Na/c12-1(13,2(14,15)4(18,19)6(22,23)8(26,27)10(30,31)32)3(16,17)5(20,21)7(24,25)9(28,29)11(33,34)38(35,36)37;/h(H,35,36,37);/q;+1/p-1/i7+1,9+1,11+1;. The van der Waals surface area contributed by atoms with Gasteiger partial charge in [-0.25, -0.2) is 8.42 Å². The van der Waals surface area contributed by atoms with Gasteiger partial charge < -0.3 is 4.55 Å². The van der Waals surface area contributed by atoms with E-state index in [9.17, 15) is 114 Å². The average Bonchev–Trinajstić information content (AvgIpc) is 2.64. The van der Waals surface area contributed by atoms with Crippen LogP contribution in [0.2, 0.25) is 0 Å². The molecule has 0 aromatic heterocycles. The van der Waals surface area contributed by atoms with Gasteiger partial charge in [0.1, 0.15) is 0 Å². The van der Waals surface area contributed by atoms with Gasteiger partial charge >= 0.3 is 94.3 Å². The normalized spacial score (nSPS) is 16.7. The Morgan fingerprint density at radius 1 is 0.333 bits per heavy atom. The van der Waals surface area contributed by atoms with Crippen LogP contribution in [0, 0.1) is 0 Å². The maximum Gasteiger partial charge on any atom is 1.00 e. The molecular weight excluding hydrogens is 675 g/mol. The summed E-state index contributed by atoms with van der Waals surface area (Å²) >= 11 is 0. The minimum Gasteiger partial charge on any atom is -0.743 e. The van der Waals surface area contributed by atoms with Crippen molar-refractivity contribution in [2.45, 2.75) is 64.7 Å². The molecule has 0 heterocycles. The predicted octanol–water partition coefficient (Wildman–Crippen LogP) is 3.41. The maximum absolute atomic E-state index is 13.4. The minimum atomic E-state index is -9.59. The summed E-state index contributed by atoms with van der Waals surface area (Å²) < 4.78 is 328. The van der Waals surface area contributed by atoms with Gasteiger partial charge in [0, 0.05) is 0 Å². The summed E-state index contributed by atoms with van der Waals surface area (Å²) in [6.45, 7) is 0. The second-order valence-corrected chi connectivity index (χ2v) is 8.06. The van der Waals surface area contributed by atoms with Crippen molar-refractivity contribution in [1.82, 2.24) is 0 Å². The predicted molar refractivity (Wildman–Crippen MR) is 65.2 cm³/mol. The number of halogens is 23. The first-order chi connectivity index (χ1) is 15.8. The molecule has 0 aliphatic heterocycles. The topological polar surface area (TPSA) is 57.2 Å². The van der Waals surface area contributed by atoms with Gasteiger partial charge in [-0.05, 0) is 0 Å². The fraction of sp³-hybridized carbons (Fsp3) is 1.00. The van der Waals surface area contributed by atoms with E-state index in [0.29, 0.717) is 0 Å². The van der Waals surface area contributed by atoms with Crippen LogP contribution in [0.25, 0.3) is 0 Å². The summed E-state index contributed by atoms with van der Waals surface area (Å²) in [5, 5.41) is -8.26. The Bertz CT molecular complexity index is 1010. The van der Waals surface area contributed by atoms with E-state index < -0.39 is 74.9 Å². The van der Waals surface area contributed by atoms with E-state index in [-0.39, 0.29) is 29.6 Å². The van der Waals surface area contributed by atoms with Gasteiger partial charge in [-0.3, -0.25) is 0 Å². The van der Waals surface area contributed by atoms with Crippen LogP contribution in [0.4, 0.5) is 101 Å². The zero-order valence-corrected chi connectivity index (χ0v) is 19.6. The molecule has 0 N–H and O–H groups in total. The van der Waals surface area contributed by atoms with Crippen LogP contribution in [0.1, 0.15) is 0 Å². The van der Waals surface area contributed by atoms with Crippen molar-refractivity contribution in [3.63, 3.8) is 0 Å². The first-order valence-corrected chi connectivity index (χ1v) is 8.96. The Morgan fingerprint density at radius 2 is 0.487 bits per heavy atom. The molecule has 0 radical (unpaired) electrons. The second kappa shape index (κ2) is 9.67. The molecule has 0 rings (SSSR count). The van der Waals surface area contributed by atoms with Crippen LogP contribution in [0.5, 0.6) is 0 Å². The van der Waals surface area contributed by atoms with E-state index in [1.807, 2.05) is 0 Å². The maximum atomic E-state index is 13.4. The number of hydrogen-bond acceptors (Lipinski definition) is 3. The van der Waals surface area contributed by atoms with Crippen molar-refractivity contribution >= 4 is 10.1 Å². The van der Waals surface area contributed by atoms with E-state index in [4.69, 9.17) is 0 Å². The quantitative estimate of drug-likeness (QED) is 0.155. The van der Waals surface area contributed by atoms with E-state index in [2.05, 4.69) is 0 Å². The molecule has 3 nitrogen and oxygen atoms in total. The number of rotatable bonds is 10. The van der Waals surface area contributed by atoms with Crippen LogP contribution < -0.4 is 29.6 Å². The molecule has 0 saturated heterocycles. The molecule has 28 heteroatoms. The molecule has 0 bridgehead atoms. The first-order valence-electron chi connectivity index (χ1n) is 7.55. The van der Waals surface area contributed by atoms with Crippen molar-refractivity contribution in [2.75, 3.05) is 0 Å². The molecule has 0 amide bonds. The van der Waals surface area contributed by atoms with Gasteiger partial charge in [-0.15, -0.1) is 0 Å². The third-order valence-corrected chi connectivity index (χ3v) is 5.07. The fourth-order valence-electron chi connectivity index (χ4n) is 1.90. The molecule has 230 valence electrons. The molecule has 0 aliphatic rings. The average molecular weight is 675 g/mol. The van der Waals surface area contributed by atoms with Crippen molar-refractivity contribution in [2.24, 2.45) is 0 Å². The summed E-state index contributed by atoms with van der Waals surface area (Å²) in [5.74, 6) is -83.4. The molecule has 0 fully saturated rings. The Kier molecular flexibility index (Phi) is 10.0. The molecular formula is C11F23NaO3S. The van der Waals surface area contributed by atoms with Crippen LogP contribution in [0.15, 0.2) is 0 Å². The van der Waals surface area contributed by atoms with Gasteiger partial charge in [0.25, 0.3) is 0 Å². The zero-order valence-electron chi connectivity index (χ0n) is 16.8. The van der Waals surface area contributed by atoms with Crippen LogP contribution in [-0.2, 0) is 10.1 Å². The summed E-state index contributed by atoms with van der Waals surface area (Å²) in [6.07, 6.45) is -8.16. The molecule has 39 heavy (non-hydrogen) atoms. The van der Waals surface area contributed by atoms with Gasteiger partial charge in [-0.2, -0.15) is 101 Å². The SMILES string of the molecule is O=S(=O)([O-])[13C](F)(F)[13C](F)(F)[13C](F)(F)C(F)(F)C(F)(F)C(F)(F)C(F)(F)C(F)(F)C(F)(F)C(F)(F)C(F)(F)F.[Na+]. The summed E-state index contributed by atoms with van der Waals surface area (Å²) in [4.78, 5) is 0. The molecule has 0 aliphatic carbocycles. The summed E-state index contributed by atoms with van der Waals surface area (Å²) in [7, 11) is -8.42. The van der Waals surface area contributed by atoms with Crippen LogP contribution >= 0.6 is 0 Å². The van der Waals surface area contributed by atoms with Crippen LogP contribution in [0.3, 0.4) is 0 Å². The Balaban J connectivity index is 0. The monoisotopic (exact) mass is 675 g/mol. The summed E-state index contributed by atoms with van der Waals surface area (Å²) in [6, 6.07) is 0. The van der Waals surface area contributed by atoms with E-state index in [1.54, 1.807) is 0 Å². The molecule has 0 saturated carbocycles. The van der Waals surface area contributed by atoms with Gasteiger partial charge in [0.2, 0.25) is 0 Å². The molecule has 0 aromatic rings. The Morgan fingerprint density at radius 3 is 0.641 bits per heavy atom. The van der Waals surface area contributed by atoms with Crippen molar-refractivity contribution < 1.29 is 144 Å². The molecule has 0 unspecified atom stereocenters. The minimum absolute atomic E-state index is 0. The smallest absolute Gasteiger partial charge is 0.743 e. The number of alkyl halides is 23. The molecule has 0 atom stereocenters. The third-order valence-electron chi connectivity index (χ3n) is 4.19. The Labute approximate surface area is 218 Å². The van der Waals surface area contributed by atoms with Crippen LogP contribution in [-0.4, -0.2) is 77.7 Å². The zero-order chi connectivity index (χ0) is 32.0. The van der Waals surface area contributed by atoms with Gasteiger partial charge in [0.05, 0.1) is 0 Å². The van der Waals surface area contributed by atoms with Crippen molar-refractivity contribution in [1.29, 1.82) is 0 Å². The fourth-order valence-corrected chi connectivity index (χ4v) is 2.34. The third kappa shape index (κ3) is 4.81. The Hall–Kier alpha value is -0.700. The largest absolute Gasteiger partial charge is 1.00 e. The summed E-state index contributed by atoms with van der Waals surface area (Å²) in [5.41, 5.74) is 0. The van der Waals surface area contributed by atoms with Crippen molar-refractivity contribution in [3.8, 4) is 0 Å². The number of hydrogen-bond donors (Lipinski definition) is 0. The van der Waals surface area contributed by atoms with E-state index in [1.165, 1.54) is 0 Å². The van der Waals surface area contributed by atoms with Gasteiger partial charge in [-0.1, -0.05) is 0 Å². The second-order valence-electron chi connectivity index (χ2n) is 6.64. The molecule has 0 spiro atoms. The van der Waals surface area contributed by atoms with E-state index >= 15 is 0 Å².